The lowest BCUT2D eigenvalue weighted by Gasteiger charge is -2.44. The van der Waals surface area contributed by atoms with Gasteiger partial charge in [0.2, 0.25) is 0 Å². The molecule has 0 amide bonds. The SMILES string of the molecule is OC(c1ccc(I)cc1)C1CCOC2(CCCCC2)C1. The Morgan fingerprint density at radius 1 is 1.15 bits per heavy atom. The van der Waals surface area contributed by atoms with Crippen LogP contribution in [0.15, 0.2) is 24.3 Å². The van der Waals surface area contributed by atoms with E-state index >= 15 is 0 Å². The summed E-state index contributed by atoms with van der Waals surface area (Å²) in [6.07, 6.45) is 7.95. The van der Waals surface area contributed by atoms with Crippen molar-refractivity contribution in [1.82, 2.24) is 0 Å². The fraction of sp³-hybridized carbons (Fsp3) is 0.647. The Kier molecular flexibility index (Phi) is 4.68. The minimum atomic E-state index is -0.338. The van der Waals surface area contributed by atoms with Crippen molar-refractivity contribution in [3.63, 3.8) is 0 Å². The molecule has 1 aromatic rings. The van der Waals surface area contributed by atoms with E-state index in [4.69, 9.17) is 4.74 Å². The Morgan fingerprint density at radius 3 is 2.55 bits per heavy atom. The number of aliphatic hydroxyl groups is 1. The Morgan fingerprint density at radius 2 is 1.85 bits per heavy atom. The van der Waals surface area contributed by atoms with Gasteiger partial charge in [0.1, 0.15) is 0 Å². The molecule has 110 valence electrons. The molecule has 3 heteroatoms. The van der Waals surface area contributed by atoms with Gasteiger partial charge in [0.25, 0.3) is 0 Å². The zero-order valence-corrected chi connectivity index (χ0v) is 14.0. The third-order valence-electron chi connectivity index (χ3n) is 4.95. The first-order valence-corrected chi connectivity index (χ1v) is 8.84. The van der Waals surface area contributed by atoms with Crippen LogP contribution in [0.4, 0.5) is 0 Å². The summed E-state index contributed by atoms with van der Waals surface area (Å²) in [6.45, 7) is 0.812. The normalized spacial score (nSPS) is 27.4. The van der Waals surface area contributed by atoms with Crippen molar-refractivity contribution in [3.8, 4) is 0 Å². The summed E-state index contributed by atoms with van der Waals surface area (Å²) < 4.78 is 7.35. The molecule has 2 nitrogen and oxygen atoms in total. The van der Waals surface area contributed by atoms with Gasteiger partial charge < -0.3 is 9.84 Å². The highest BCUT2D eigenvalue weighted by Gasteiger charge is 2.40. The summed E-state index contributed by atoms with van der Waals surface area (Å²) in [5.74, 6) is 0.349. The van der Waals surface area contributed by atoms with E-state index in [1.165, 1.54) is 35.7 Å². The van der Waals surface area contributed by atoms with Crippen molar-refractivity contribution in [2.75, 3.05) is 6.61 Å². The smallest absolute Gasteiger partial charge is 0.0820 e. The van der Waals surface area contributed by atoms with Crippen LogP contribution < -0.4 is 0 Å². The maximum absolute atomic E-state index is 10.7. The Balaban J connectivity index is 1.71. The van der Waals surface area contributed by atoms with E-state index in [0.29, 0.717) is 5.92 Å². The maximum atomic E-state index is 10.7. The van der Waals surface area contributed by atoms with Crippen LogP contribution in [0.1, 0.15) is 56.6 Å². The zero-order valence-electron chi connectivity index (χ0n) is 11.9. The van der Waals surface area contributed by atoms with E-state index in [1.54, 1.807) is 0 Å². The highest BCUT2D eigenvalue weighted by Crippen LogP contribution is 2.44. The summed E-state index contributed by atoms with van der Waals surface area (Å²) in [7, 11) is 0. The third-order valence-corrected chi connectivity index (χ3v) is 5.67. The Hall–Kier alpha value is -0.130. The van der Waals surface area contributed by atoms with Crippen molar-refractivity contribution in [3.05, 3.63) is 33.4 Å². The number of rotatable bonds is 2. The van der Waals surface area contributed by atoms with Gasteiger partial charge in [-0.1, -0.05) is 31.4 Å². The predicted octanol–water partition coefficient (Wildman–Crippen LogP) is 4.45. The fourth-order valence-electron chi connectivity index (χ4n) is 3.81. The second-order valence-electron chi connectivity index (χ2n) is 6.34. The number of halogens is 1. The summed E-state index contributed by atoms with van der Waals surface area (Å²) in [5.41, 5.74) is 1.13. The molecule has 2 atom stereocenters. The molecule has 1 saturated heterocycles. The minimum absolute atomic E-state index is 0.0748. The molecule has 20 heavy (non-hydrogen) atoms. The summed E-state index contributed by atoms with van der Waals surface area (Å²) >= 11 is 2.30. The lowest BCUT2D eigenvalue weighted by molar-refractivity contribution is -0.134. The molecule has 1 spiro atoms. The van der Waals surface area contributed by atoms with Crippen LogP contribution in [0.5, 0.6) is 0 Å². The van der Waals surface area contributed by atoms with Crippen LogP contribution in [0.3, 0.4) is 0 Å². The predicted molar refractivity (Wildman–Crippen MR) is 88.6 cm³/mol. The lowest BCUT2D eigenvalue weighted by Crippen LogP contribution is -2.42. The molecule has 2 fully saturated rings. The molecule has 2 unspecified atom stereocenters. The van der Waals surface area contributed by atoms with E-state index in [0.717, 1.165) is 25.0 Å². The second kappa shape index (κ2) is 6.32. The fourth-order valence-corrected chi connectivity index (χ4v) is 4.17. The first kappa shape index (κ1) is 14.8. The molecule has 1 N–H and O–H groups in total. The van der Waals surface area contributed by atoms with Crippen molar-refractivity contribution >= 4 is 22.6 Å². The van der Waals surface area contributed by atoms with Crippen molar-refractivity contribution in [2.45, 2.75) is 56.7 Å². The minimum Gasteiger partial charge on any atom is -0.388 e. The van der Waals surface area contributed by atoms with Gasteiger partial charge in [-0.15, -0.1) is 0 Å². The molecule has 2 aliphatic rings. The Labute approximate surface area is 135 Å². The van der Waals surface area contributed by atoms with Crippen molar-refractivity contribution in [2.24, 2.45) is 5.92 Å². The monoisotopic (exact) mass is 386 g/mol. The molecular formula is C17H23IO2. The molecule has 1 aromatic carbocycles. The molecule has 0 bridgehead atoms. The van der Waals surface area contributed by atoms with Crippen molar-refractivity contribution in [1.29, 1.82) is 0 Å². The summed E-state index contributed by atoms with van der Waals surface area (Å²) in [6, 6.07) is 8.29. The average molecular weight is 386 g/mol. The number of hydrogen-bond acceptors (Lipinski definition) is 2. The van der Waals surface area contributed by atoms with Crippen molar-refractivity contribution < 1.29 is 9.84 Å². The summed E-state index contributed by atoms with van der Waals surface area (Å²) in [4.78, 5) is 0. The molecule has 1 saturated carbocycles. The molecule has 0 aromatic heterocycles. The molecule has 3 rings (SSSR count). The van der Waals surface area contributed by atoms with Gasteiger partial charge in [-0.2, -0.15) is 0 Å². The van der Waals surface area contributed by atoms with Gasteiger partial charge in [0, 0.05) is 10.2 Å². The van der Waals surface area contributed by atoms with Gasteiger partial charge in [0.15, 0.2) is 0 Å². The molecule has 1 aliphatic carbocycles. The van der Waals surface area contributed by atoms with E-state index in [1.807, 2.05) is 0 Å². The van der Waals surface area contributed by atoms with Gasteiger partial charge in [-0.05, 0) is 71.9 Å². The molecule has 1 aliphatic heterocycles. The van der Waals surface area contributed by atoms with Crippen LogP contribution in [0.2, 0.25) is 0 Å². The molecule has 0 radical (unpaired) electrons. The van der Waals surface area contributed by atoms with Crippen LogP contribution in [0, 0.1) is 9.49 Å². The number of hydrogen-bond donors (Lipinski definition) is 1. The van der Waals surface area contributed by atoms with Gasteiger partial charge in [0.05, 0.1) is 11.7 Å². The van der Waals surface area contributed by atoms with Crippen LogP contribution in [-0.2, 0) is 4.74 Å². The van der Waals surface area contributed by atoms with Crippen LogP contribution >= 0.6 is 22.6 Å². The number of benzene rings is 1. The van der Waals surface area contributed by atoms with Gasteiger partial charge in [-0.3, -0.25) is 0 Å². The molecule has 1 heterocycles. The van der Waals surface area contributed by atoms with Crippen LogP contribution in [-0.4, -0.2) is 17.3 Å². The van der Waals surface area contributed by atoms with E-state index in [2.05, 4.69) is 46.9 Å². The van der Waals surface area contributed by atoms with Gasteiger partial charge >= 0.3 is 0 Å². The van der Waals surface area contributed by atoms with E-state index in [9.17, 15) is 5.11 Å². The summed E-state index contributed by atoms with van der Waals surface area (Å²) in [5, 5.41) is 10.7. The third kappa shape index (κ3) is 3.20. The van der Waals surface area contributed by atoms with E-state index in [-0.39, 0.29) is 11.7 Å². The highest BCUT2D eigenvalue weighted by molar-refractivity contribution is 14.1. The first-order chi connectivity index (χ1) is 9.69. The zero-order chi connectivity index (χ0) is 14.0. The van der Waals surface area contributed by atoms with E-state index < -0.39 is 0 Å². The standard InChI is InChI=1S/C17H23IO2/c18-15-6-4-13(5-7-15)16(19)14-8-11-20-17(12-14)9-2-1-3-10-17/h4-7,14,16,19H,1-3,8-12H2. The molecular weight excluding hydrogens is 363 g/mol. The first-order valence-electron chi connectivity index (χ1n) is 7.76. The number of ether oxygens (including phenoxy) is 1. The average Bonchev–Trinajstić information content (AvgIpc) is 2.48. The van der Waals surface area contributed by atoms with Gasteiger partial charge in [-0.25, -0.2) is 0 Å². The lowest BCUT2D eigenvalue weighted by atomic mass is 9.74. The maximum Gasteiger partial charge on any atom is 0.0820 e. The largest absolute Gasteiger partial charge is 0.388 e. The quantitative estimate of drug-likeness (QED) is 0.761. The van der Waals surface area contributed by atoms with Crippen LogP contribution in [0.25, 0.3) is 0 Å². The number of aliphatic hydroxyl groups excluding tert-OH is 1. The highest BCUT2D eigenvalue weighted by atomic mass is 127. The second-order valence-corrected chi connectivity index (χ2v) is 7.59. The Bertz CT molecular complexity index is 431. The topological polar surface area (TPSA) is 29.5 Å².